The molecule has 0 saturated carbocycles. The van der Waals surface area contributed by atoms with Crippen LogP contribution in [-0.2, 0) is 4.79 Å². The number of nitriles is 1. The molecule has 0 aliphatic heterocycles. The molecule has 0 aromatic heterocycles. The van der Waals surface area contributed by atoms with E-state index in [9.17, 15) is 10.1 Å². The fraction of sp³-hybridized carbons (Fsp3) is 0.111. The monoisotopic (exact) mass is 307 g/mol. The second-order valence-electron chi connectivity index (χ2n) is 4.78. The molecule has 2 aromatic carbocycles. The smallest absolute Gasteiger partial charge is 0.267 e. The number of ether oxygens (including phenoxy) is 1. The summed E-state index contributed by atoms with van der Waals surface area (Å²) >= 11 is 0. The molecule has 0 atom stereocenters. The summed E-state index contributed by atoms with van der Waals surface area (Å²) in [5.74, 6) is 0.0306. The van der Waals surface area contributed by atoms with E-state index in [0.29, 0.717) is 11.4 Å². The zero-order chi connectivity index (χ0) is 16.7. The van der Waals surface area contributed by atoms with Crippen molar-refractivity contribution >= 4 is 17.3 Å². The van der Waals surface area contributed by atoms with E-state index in [4.69, 9.17) is 4.74 Å². The Morgan fingerprint density at radius 2 is 1.78 bits per heavy atom. The lowest BCUT2D eigenvalue weighted by atomic mass is 10.2. The first-order chi connectivity index (χ1) is 11.2. The summed E-state index contributed by atoms with van der Waals surface area (Å²) in [5, 5.41) is 14.8. The lowest BCUT2D eigenvalue weighted by Gasteiger charge is -2.09. The van der Waals surface area contributed by atoms with Crippen LogP contribution >= 0.6 is 0 Å². The number of para-hydroxylation sites is 3. The number of methoxy groups -OCH3 is 1. The Hall–Kier alpha value is -3.26. The molecule has 5 nitrogen and oxygen atoms in total. The molecule has 23 heavy (non-hydrogen) atoms. The van der Waals surface area contributed by atoms with Crippen LogP contribution < -0.4 is 15.4 Å². The highest BCUT2D eigenvalue weighted by molar-refractivity contribution is 6.07. The standard InChI is InChI=1S/C18H17N3O2/c1-13-7-3-4-8-15(13)20-12-14(11-19)18(22)21-16-9-5-6-10-17(16)23-2/h3-10,12,20H,1-2H3,(H,21,22)/b14-12-. The van der Waals surface area contributed by atoms with Crippen molar-refractivity contribution in [1.82, 2.24) is 0 Å². The molecule has 0 fully saturated rings. The zero-order valence-electron chi connectivity index (χ0n) is 13.0. The van der Waals surface area contributed by atoms with Gasteiger partial charge < -0.3 is 15.4 Å². The Labute approximate surface area is 135 Å². The highest BCUT2D eigenvalue weighted by Gasteiger charge is 2.12. The Bertz CT molecular complexity index is 776. The van der Waals surface area contributed by atoms with Gasteiger partial charge in [0, 0.05) is 11.9 Å². The average molecular weight is 307 g/mol. The molecule has 0 spiro atoms. The maximum Gasteiger partial charge on any atom is 0.267 e. The van der Waals surface area contributed by atoms with Gasteiger partial charge in [-0.1, -0.05) is 30.3 Å². The third-order valence-corrected chi connectivity index (χ3v) is 3.24. The van der Waals surface area contributed by atoms with E-state index in [1.807, 2.05) is 37.3 Å². The second-order valence-corrected chi connectivity index (χ2v) is 4.78. The first-order valence-electron chi connectivity index (χ1n) is 7.02. The summed E-state index contributed by atoms with van der Waals surface area (Å²) in [4.78, 5) is 12.2. The van der Waals surface area contributed by atoms with Crippen molar-refractivity contribution in [3.8, 4) is 11.8 Å². The largest absolute Gasteiger partial charge is 0.495 e. The zero-order valence-corrected chi connectivity index (χ0v) is 13.0. The van der Waals surface area contributed by atoms with Crippen LogP contribution in [-0.4, -0.2) is 13.0 Å². The minimum Gasteiger partial charge on any atom is -0.495 e. The van der Waals surface area contributed by atoms with Crippen molar-refractivity contribution in [3.63, 3.8) is 0 Å². The average Bonchev–Trinajstić information content (AvgIpc) is 2.57. The lowest BCUT2D eigenvalue weighted by Crippen LogP contribution is -2.15. The molecule has 2 aromatic rings. The summed E-state index contributed by atoms with van der Waals surface area (Å²) in [6, 6.07) is 16.5. The van der Waals surface area contributed by atoms with Crippen LogP contribution in [0.15, 0.2) is 60.3 Å². The number of hydrogen-bond acceptors (Lipinski definition) is 4. The van der Waals surface area contributed by atoms with Crippen LogP contribution in [0.5, 0.6) is 5.75 Å². The molecule has 0 aliphatic carbocycles. The minimum absolute atomic E-state index is 0.0286. The van der Waals surface area contributed by atoms with E-state index in [1.165, 1.54) is 13.3 Å². The molecule has 1 amide bonds. The molecule has 0 saturated heterocycles. The number of carbonyl (C=O) groups is 1. The predicted octanol–water partition coefficient (Wildman–Crippen LogP) is 3.46. The van der Waals surface area contributed by atoms with Crippen molar-refractivity contribution in [2.45, 2.75) is 6.92 Å². The maximum absolute atomic E-state index is 12.2. The van der Waals surface area contributed by atoms with Gasteiger partial charge in [0.1, 0.15) is 17.4 Å². The van der Waals surface area contributed by atoms with Gasteiger partial charge in [-0.3, -0.25) is 4.79 Å². The number of anilines is 2. The molecule has 5 heteroatoms. The Morgan fingerprint density at radius 1 is 1.13 bits per heavy atom. The molecule has 2 rings (SSSR count). The fourth-order valence-corrected chi connectivity index (χ4v) is 1.97. The Balaban J connectivity index is 2.14. The van der Waals surface area contributed by atoms with Gasteiger partial charge >= 0.3 is 0 Å². The van der Waals surface area contributed by atoms with Crippen molar-refractivity contribution in [2.24, 2.45) is 0 Å². The van der Waals surface area contributed by atoms with Gasteiger partial charge in [-0.15, -0.1) is 0 Å². The van der Waals surface area contributed by atoms with Crippen LogP contribution in [0, 0.1) is 18.3 Å². The number of amides is 1. The second kappa shape index (κ2) is 7.66. The van der Waals surface area contributed by atoms with Crippen LogP contribution in [0.1, 0.15) is 5.56 Å². The number of hydrogen-bond donors (Lipinski definition) is 2. The molecule has 0 heterocycles. The fourth-order valence-electron chi connectivity index (χ4n) is 1.97. The molecule has 0 radical (unpaired) electrons. The number of nitrogens with zero attached hydrogens (tertiary/aromatic N) is 1. The summed E-state index contributed by atoms with van der Waals surface area (Å²) < 4.78 is 5.17. The van der Waals surface area contributed by atoms with Crippen LogP contribution in [0.3, 0.4) is 0 Å². The van der Waals surface area contributed by atoms with E-state index in [-0.39, 0.29) is 5.57 Å². The molecule has 0 bridgehead atoms. The Kier molecular flexibility index (Phi) is 5.37. The van der Waals surface area contributed by atoms with Gasteiger partial charge in [0.05, 0.1) is 12.8 Å². The molecule has 116 valence electrons. The molecule has 2 N–H and O–H groups in total. The SMILES string of the molecule is COc1ccccc1NC(=O)/C(C#N)=C\Nc1ccccc1C. The quantitative estimate of drug-likeness (QED) is 0.655. The van der Waals surface area contributed by atoms with Crippen molar-refractivity contribution < 1.29 is 9.53 Å². The van der Waals surface area contributed by atoms with Crippen LogP contribution in [0.4, 0.5) is 11.4 Å². The lowest BCUT2D eigenvalue weighted by molar-refractivity contribution is -0.112. The number of rotatable bonds is 5. The van der Waals surface area contributed by atoms with E-state index in [2.05, 4.69) is 10.6 Å². The van der Waals surface area contributed by atoms with E-state index >= 15 is 0 Å². The first kappa shape index (κ1) is 16.1. The molecular weight excluding hydrogens is 290 g/mol. The van der Waals surface area contributed by atoms with Crippen molar-refractivity contribution in [3.05, 3.63) is 65.9 Å². The first-order valence-corrected chi connectivity index (χ1v) is 7.02. The van der Waals surface area contributed by atoms with E-state index < -0.39 is 5.91 Å². The van der Waals surface area contributed by atoms with Gasteiger partial charge in [0.15, 0.2) is 0 Å². The summed E-state index contributed by atoms with van der Waals surface area (Å²) in [6.07, 6.45) is 1.40. The Morgan fingerprint density at radius 3 is 2.43 bits per heavy atom. The van der Waals surface area contributed by atoms with Gasteiger partial charge in [-0.05, 0) is 30.7 Å². The third-order valence-electron chi connectivity index (χ3n) is 3.24. The van der Waals surface area contributed by atoms with Gasteiger partial charge in [-0.25, -0.2) is 0 Å². The normalized spacial score (nSPS) is 10.6. The summed E-state index contributed by atoms with van der Waals surface area (Å²) in [6.45, 7) is 1.94. The highest BCUT2D eigenvalue weighted by Crippen LogP contribution is 2.23. The van der Waals surface area contributed by atoms with Gasteiger partial charge in [-0.2, -0.15) is 5.26 Å². The maximum atomic E-state index is 12.2. The summed E-state index contributed by atoms with van der Waals surface area (Å²) in [7, 11) is 1.52. The number of aryl methyl sites for hydroxylation is 1. The van der Waals surface area contributed by atoms with Crippen LogP contribution in [0.25, 0.3) is 0 Å². The number of carbonyl (C=O) groups excluding carboxylic acids is 1. The van der Waals surface area contributed by atoms with Gasteiger partial charge in [0.25, 0.3) is 5.91 Å². The third kappa shape index (κ3) is 4.11. The molecular formula is C18H17N3O2. The number of nitrogens with one attached hydrogen (secondary N) is 2. The van der Waals surface area contributed by atoms with Crippen LogP contribution in [0.2, 0.25) is 0 Å². The topological polar surface area (TPSA) is 74.1 Å². The minimum atomic E-state index is -0.502. The number of benzene rings is 2. The molecule has 0 unspecified atom stereocenters. The van der Waals surface area contributed by atoms with E-state index in [0.717, 1.165) is 11.3 Å². The van der Waals surface area contributed by atoms with E-state index in [1.54, 1.807) is 24.3 Å². The highest BCUT2D eigenvalue weighted by atomic mass is 16.5. The van der Waals surface area contributed by atoms with Crippen molar-refractivity contribution in [1.29, 1.82) is 5.26 Å². The van der Waals surface area contributed by atoms with Gasteiger partial charge in [0.2, 0.25) is 0 Å². The van der Waals surface area contributed by atoms with Crippen molar-refractivity contribution in [2.75, 3.05) is 17.7 Å². The molecule has 0 aliphatic rings. The predicted molar refractivity (Wildman–Crippen MR) is 90.1 cm³/mol. The summed E-state index contributed by atoms with van der Waals surface area (Å²) in [5.41, 5.74) is 2.34.